The number of aliphatic hydroxyl groups is 1. The van der Waals surface area contributed by atoms with Crippen molar-refractivity contribution >= 4 is 12.2 Å². The predicted octanol–water partition coefficient (Wildman–Crippen LogP) is -0.831. The maximum Gasteiger partial charge on any atom is 0.223 e. The third-order valence-electron chi connectivity index (χ3n) is 1.93. The molecule has 0 bridgehead atoms. The van der Waals surface area contributed by atoms with E-state index in [0.717, 1.165) is 0 Å². The van der Waals surface area contributed by atoms with E-state index in [1.54, 1.807) is 0 Å². The monoisotopic (exact) mass is 157 g/mol. The van der Waals surface area contributed by atoms with E-state index in [1.807, 2.05) is 0 Å². The molecule has 1 amide bonds. The number of aliphatic hydroxyl groups excluding tert-OH is 1. The molecule has 0 spiro atoms. The zero-order chi connectivity index (χ0) is 8.27. The molecule has 1 saturated heterocycles. The summed E-state index contributed by atoms with van der Waals surface area (Å²) in [5.74, 6) is -0.0313. The second kappa shape index (κ2) is 3.48. The number of rotatable bonds is 3. The summed E-state index contributed by atoms with van der Waals surface area (Å²) >= 11 is 0. The van der Waals surface area contributed by atoms with Gasteiger partial charge in [-0.25, -0.2) is 0 Å². The van der Waals surface area contributed by atoms with Crippen LogP contribution in [0.4, 0.5) is 0 Å². The molecular weight excluding hydrogens is 146 g/mol. The zero-order valence-corrected chi connectivity index (χ0v) is 6.19. The maximum absolute atomic E-state index is 11.0. The smallest absolute Gasteiger partial charge is 0.223 e. The summed E-state index contributed by atoms with van der Waals surface area (Å²) in [6, 6.07) is -0.132. The van der Waals surface area contributed by atoms with E-state index in [-0.39, 0.29) is 25.1 Å². The molecule has 1 fully saturated rings. The Hall–Kier alpha value is -0.900. The SMILES string of the molecule is O=CCN1C(=O)CC[C@H]1CO. The van der Waals surface area contributed by atoms with Crippen LogP contribution in [0.15, 0.2) is 0 Å². The van der Waals surface area contributed by atoms with Crippen LogP contribution in [0, 0.1) is 0 Å². The largest absolute Gasteiger partial charge is 0.394 e. The third-order valence-corrected chi connectivity index (χ3v) is 1.93. The Labute approximate surface area is 64.8 Å². The fourth-order valence-electron chi connectivity index (χ4n) is 1.31. The summed E-state index contributed by atoms with van der Waals surface area (Å²) in [5, 5.41) is 8.77. The quantitative estimate of drug-likeness (QED) is 0.544. The number of hydrogen-bond donors (Lipinski definition) is 1. The fourth-order valence-corrected chi connectivity index (χ4v) is 1.31. The average Bonchev–Trinajstić information content (AvgIpc) is 2.34. The summed E-state index contributed by atoms with van der Waals surface area (Å²) in [5.41, 5.74) is 0. The lowest BCUT2D eigenvalue weighted by atomic mass is 10.2. The van der Waals surface area contributed by atoms with Gasteiger partial charge < -0.3 is 14.8 Å². The molecule has 1 N–H and O–H groups in total. The number of aldehydes is 1. The van der Waals surface area contributed by atoms with Crippen LogP contribution in [0.1, 0.15) is 12.8 Å². The van der Waals surface area contributed by atoms with E-state index in [0.29, 0.717) is 19.1 Å². The van der Waals surface area contributed by atoms with Gasteiger partial charge in [0.25, 0.3) is 0 Å². The number of nitrogens with zero attached hydrogens (tertiary/aromatic N) is 1. The molecule has 1 aliphatic rings. The van der Waals surface area contributed by atoms with Crippen LogP contribution in [-0.2, 0) is 9.59 Å². The van der Waals surface area contributed by atoms with Gasteiger partial charge in [0.15, 0.2) is 0 Å². The first-order valence-corrected chi connectivity index (χ1v) is 3.63. The summed E-state index contributed by atoms with van der Waals surface area (Å²) in [6.07, 6.45) is 1.81. The molecule has 4 nitrogen and oxygen atoms in total. The molecule has 1 heterocycles. The van der Waals surface area contributed by atoms with Gasteiger partial charge in [0, 0.05) is 6.42 Å². The molecule has 1 rings (SSSR count). The van der Waals surface area contributed by atoms with Crippen molar-refractivity contribution in [1.29, 1.82) is 0 Å². The summed E-state index contributed by atoms with van der Waals surface area (Å²) in [7, 11) is 0. The first-order valence-electron chi connectivity index (χ1n) is 3.63. The van der Waals surface area contributed by atoms with Gasteiger partial charge in [0.05, 0.1) is 19.2 Å². The minimum atomic E-state index is -0.132. The Bertz CT molecular complexity index is 169. The highest BCUT2D eigenvalue weighted by Crippen LogP contribution is 2.16. The number of likely N-dealkylation sites (tertiary alicyclic amines) is 1. The number of carbonyl (C=O) groups is 2. The topological polar surface area (TPSA) is 57.6 Å². The second-order valence-electron chi connectivity index (χ2n) is 2.59. The van der Waals surface area contributed by atoms with Crippen molar-refractivity contribution in [1.82, 2.24) is 4.90 Å². The van der Waals surface area contributed by atoms with E-state index < -0.39 is 0 Å². The van der Waals surface area contributed by atoms with Crippen molar-refractivity contribution in [3.05, 3.63) is 0 Å². The van der Waals surface area contributed by atoms with E-state index in [4.69, 9.17) is 5.11 Å². The van der Waals surface area contributed by atoms with Gasteiger partial charge in [0.2, 0.25) is 5.91 Å². The maximum atomic E-state index is 11.0. The Morgan fingerprint density at radius 1 is 1.73 bits per heavy atom. The van der Waals surface area contributed by atoms with Gasteiger partial charge in [-0.05, 0) is 6.42 Å². The van der Waals surface area contributed by atoms with Gasteiger partial charge in [-0.3, -0.25) is 4.79 Å². The van der Waals surface area contributed by atoms with Crippen LogP contribution in [-0.4, -0.2) is 41.4 Å². The van der Waals surface area contributed by atoms with Crippen LogP contribution in [0.2, 0.25) is 0 Å². The molecule has 62 valence electrons. The minimum Gasteiger partial charge on any atom is -0.394 e. The number of hydrogen-bond acceptors (Lipinski definition) is 3. The molecule has 0 aromatic heterocycles. The first kappa shape index (κ1) is 8.20. The Morgan fingerprint density at radius 2 is 2.45 bits per heavy atom. The molecule has 1 atom stereocenters. The van der Waals surface area contributed by atoms with Crippen molar-refractivity contribution in [3.63, 3.8) is 0 Å². The molecule has 0 aromatic carbocycles. The van der Waals surface area contributed by atoms with Crippen molar-refractivity contribution in [2.75, 3.05) is 13.2 Å². The predicted molar refractivity (Wildman–Crippen MR) is 37.9 cm³/mol. The van der Waals surface area contributed by atoms with Crippen molar-refractivity contribution in [3.8, 4) is 0 Å². The lowest BCUT2D eigenvalue weighted by Crippen LogP contribution is -2.36. The van der Waals surface area contributed by atoms with Crippen LogP contribution >= 0.6 is 0 Å². The highest BCUT2D eigenvalue weighted by atomic mass is 16.3. The van der Waals surface area contributed by atoms with Crippen LogP contribution in [0.25, 0.3) is 0 Å². The van der Waals surface area contributed by atoms with Crippen LogP contribution < -0.4 is 0 Å². The van der Waals surface area contributed by atoms with E-state index in [2.05, 4.69) is 0 Å². The number of carbonyl (C=O) groups excluding carboxylic acids is 2. The van der Waals surface area contributed by atoms with Crippen molar-refractivity contribution in [2.24, 2.45) is 0 Å². The summed E-state index contributed by atoms with van der Waals surface area (Å²) < 4.78 is 0. The van der Waals surface area contributed by atoms with Crippen LogP contribution in [0.3, 0.4) is 0 Å². The average molecular weight is 157 g/mol. The number of amides is 1. The minimum absolute atomic E-state index is 0.0313. The van der Waals surface area contributed by atoms with E-state index in [1.165, 1.54) is 4.90 Å². The van der Waals surface area contributed by atoms with E-state index >= 15 is 0 Å². The highest BCUT2D eigenvalue weighted by Gasteiger charge is 2.29. The lowest BCUT2D eigenvalue weighted by molar-refractivity contribution is -0.131. The third kappa shape index (κ3) is 1.57. The molecule has 0 unspecified atom stereocenters. The van der Waals surface area contributed by atoms with Crippen LogP contribution in [0.5, 0.6) is 0 Å². The Kier molecular flexibility index (Phi) is 2.59. The molecule has 1 aliphatic heterocycles. The molecular formula is C7H11NO3. The summed E-state index contributed by atoms with van der Waals surface area (Å²) in [4.78, 5) is 22.5. The molecule has 0 radical (unpaired) electrons. The van der Waals surface area contributed by atoms with Gasteiger partial charge in [-0.2, -0.15) is 0 Å². The van der Waals surface area contributed by atoms with Gasteiger partial charge in [0.1, 0.15) is 6.29 Å². The molecule has 0 saturated carbocycles. The Morgan fingerprint density at radius 3 is 3.00 bits per heavy atom. The highest BCUT2D eigenvalue weighted by molar-refractivity contribution is 5.80. The van der Waals surface area contributed by atoms with Gasteiger partial charge in [-0.1, -0.05) is 0 Å². The molecule has 0 aliphatic carbocycles. The molecule has 0 aromatic rings. The van der Waals surface area contributed by atoms with Gasteiger partial charge >= 0.3 is 0 Å². The standard InChI is InChI=1S/C7H11NO3/c9-4-3-8-6(5-10)1-2-7(8)11/h4,6,10H,1-3,5H2/t6-/m0/s1. The second-order valence-corrected chi connectivity index (χ2v) is 2.59. The normalized spacial score (nSPS) is 24.3. The van der Waals surface area contributed by atoms with Gasteiger partial charge in [-0.15, -0.1) is 0 Å². The van der Waals surface area contributed by atoms with Crippen molar-refractivity contribution < 1.29 is 14.7 Å². The summed E-state index contributed by atoms with van der Waals surface area (Å²) in [6.45, 7) is 0.0731. The van der Waals surface area contributed by atoms with E-state index in [9.17, 15) is 9.59 Å². The first-order chi connectivity index (χ1) is 5.29. The Balaban J connectivity index is 2.55. The fraction of sp³-hybridized carbons (Fsp3) is 0.714. The van der Waals surface area contributed by atoms with Crippen molar-refractivity contribution in [2.45, 2.75) is 18.9 Å². The zero-order valence-electron chi connectivity index (χ0n) is 6.19. The molecule has 11 heavy (non-hydrogen) atoms. The lowest BCUT2D eigenvalue weighted by Gasteiger charge is -2.19. The molecule has 4 heteroatoms.